The number of H-pyrrole nitrogens is 2. The van der Waals surface area contributed by atoms with Gasteiger partial charge in [-0.25, -0.2) is 9.97 Å². The number of likely N-dealkylation sites (tertiary alicyclic amines) is 1. The third-order valence-corrected chi connectivity index (χ3v) is 5.14. The molecule has 5 nitrogen and oxygen atoms in total. The van der Waals surface area contributed by atoms with Crippen molar-refractivity contribution in [3.63, 3.8) is 0 Å². The first kappa shape index (κ1) is 14.7. The van der Waals surface area contributed by atoms with Gasteiger partial charge in [-0.3, -0.25) is 4.90 Å². The zero-order valence-electron chi connectivity index (χ0n) is 14.3. The minimum atomic E-state index is 0.839. The van der Waals surface area contributed by atoms with Gasteiger partial charge in [0.25, 0.3) is 0 Å². The van der Waals surface area contributed by atoms with Gasteiger partial charge in [0.05, 0.1) is 0 Å². The lowest BCUT2D eigenvalue weighted by Crippen LogP contribution is -2.18. The van der Waals surface area contributed by atoms with Crippen LogP contribution in [0, 0.1) is 6.92 Å². The molecule has 0 amide bonds. The largest absolute Gasteiger partial charge is 0.354 e. The van der Waals surface area contributed by atoms with Gasteiger partial charge in [-0.15, -0.1) is 0 Å². The standard InChI is InChI=1S/C20H21N5/c1-13-22-19-15(7-8-21-20(19)23-13)18-11-16-14(5-4-6-17(16)24-18)12-25-9-2-3-10-25/h4-8,11,24H,2-3,9-10,12H2,1H3,(H,21,22,23). The number of hydrogen-bond acceptors (Lipinski definition) is 3. The van der Waals surface area contributed by atoms with Crippen LogP contribution in [0.4, 0.5) is 0 Å². The van der Waals surface area contributed by atoms with E-state index in [0.29, 0.717) is 0 Å². The second-order valence-corrected chi connectivity index (χ2v) is 6.92. The Morgan fingerprint density at radius 3 is 2.88 bits per heavy atom. The first-order valence-electron chi connectivity index (χ1n) is 8.92. The van der Waals surface area contributed by atoms with Crippen LogP contribution in [0.15, 0.2) is 36.5 Å². The van der Waals surface area contributed by atoms with Crippen molar-refractivity contribution in [3.8, 4) is 11.3 Å². The van der Waals surface area contributed by atoms with E-state index in [9.17, 15) is 0 Å². The van der Waals surface area contributed by atoms with Crippen molar-refractivity contribution in [2.24, 2.45) is 0 Å². The van der Waals surface area contributed by atoms with E-state index in [-0.39, 0.29) is 0 Å². The van der Waals surface area contributed by atoms with Crippen molar-refractivity contribution < 1.29 is 0 Å². The van der Waals surface area contributed by atoms with Crippen molar-refractivity contribution in [2.75, 3.05) is 13.1 Å². The lowest BCUT2D eigenvalue weighted by atomic mass is 10.1. The van der Waals surface area contributed by atoms with Crippen LogP contribution in [-0.2, 0) is 6.54 Å². The zero-order valence-corrected chi connectivity index (χ0v) is 14.3. The lowest BCUT2D eigenvalue weighted by Gasteiger charge is -2.15. The Hall–Kier alpha value is -2.66. The number of aryl methyl sites for hydroxylation is 1. The van der Waals surface area contributed by atoms with Gasteiger partial charge in [0.1, 0.15) is 11.3 Å². The van der Waals surface area contributed by atoms with Gasteiger partial charge in [-0.05, 0) is 56.6 Å². The Morgan fingerprint density at radius 1 is 1.12 bits per heavy atom. The highest BCUT2D eigenvalue weighted by atomic mass is 15.1. The van der Waals surface area contributed by atoms with Crippen LogP contribution in [0.1, 0.15) is 24.2 Å². The number of rotatable bonds is 3. The molecule has 0 bridgehead atoms. The van der Waals surface area contributed by atoms with E-state index in [1.165, 1.54) is 42.4 Å². The number of nitrogens with one attached hydrogen (secondary N) is 2. The van der Waals surface area contributed by atoms with E-state index in [1.54, 1.807) is 0 Å². The molecule has 5 rings (SSSR count). The first-order valence-corrected chi connectivity index (χ1v) is 8.92. The molecule has 4 aromatic rings. The summed E-state index contributed by atoms with van der Waals surface area (Å²) in [6.07, 6.45) is 4.48. The maximum atomic E-state index is 4.62. The highest BCUT2D eigenvalue weighted by Gasteiger charge is 2.15. The minimum absolute atomic E-state index is 0.839. The molecular formula is C20H21N5. The van der Waals surface area contributed by atoms with Gasteiger partial charge >= 0.3 is 0 Å². The molecule has 0 saturated carbocycles. The summed E-state index contributed by atoms with van der Waals surface area (Å²) in [6, 6.07) is 10.8. The van der Waals surface area contributed by atoms with Crippen molar-refractivity contribution in [1.82, 2.24) is 24.8 Å². The van der Waals surface area contributed by atoms with Gasteiger partial charge < -0.3 is 9.97 Å². The summed E-state index contributed by atoms with van der Waals surface area (Å²) in [5.41, 5.74) is 6.54. The number of aromatic amines is 2. The summed E-state index contributed by atoms with van der Waals surface area (Å²) < 4.78 is 0. The van der Waals surface area contributed by atoms with E-state index in [4.69, 9.17) is 0 Å². The highest BCUT2D eigenvalue weighted by molar-refractivity contribution is 5.94. The van der Waals surface area contributed by atoms with Gasteiger partial charge in [0.15, 0.2) is 5.65 Å². The number of benzene rings is 1. The van der Waals surface area contributed by atoms with Crippen molar-refractivity contribution in [1.29, 1.82) is 0 Å². The van der Waals surface area contributed by atoms with E-state index in [1.807, 2.05) is 19.2 Å². The fraction of sp³-hybridized carbons (Fsp3) is 0.300. The first-order chi connectivity index (χ1) is 12.3. The predicted octanol–water partition coefficient (Wildman–Crippen LogP) is 4.01. The van der Waals surface area contributed by atoms with E-state index >= 15 is 0 Å². The van der Waals surface area contributed by atoms with E-state index in [0.717, 1.165) is 34.8 Å². The molecule has 0 unspecified atom stereocenters. The van der Waals surface area contributed by atoms with Crippen LogP contribution >= 0.6 is 0 Å². The average molecular weight is 331 g/mol. The summed E-state index contributed by atoms with van der Waals surface area (Å²) in [6.45, 7) is 5.42. The molecular weight excluding hydrogens is 310 g/mol. The molecule has 25 heavy (non-hydrogen) atoms. The zero-order chi connectivity index (χ0) is 16.8. The number of nitrogens with zero attached hydrogens (tertiary/aromatic N) is 3. The van der Waals surface area contributed by atoms with Gasteiger partial charge in [0, 0.05) is 34.9 Å². The molecule has 1 aromatic carbocycles. The Labute approximate surface area is 146 Å². The Kier molecular flexibility index (Phi) is 3.35. The Bertz CT molecular complexity index is 1050. The van der Waals surface area contributed by atoms with Crippen LogP contribution in [0.2, 0.25) is 0 Å². The van der Waals surface area contributed by atoms with E-state index < -0.39 is 0 Å². The predicted molar refractivity (Wildman–Crippen MR) is 100 cm³/mol. The van der Waals surface area contributed by atoms with Crippen LogP contribution in [-0.4, -0.2) is 37.9 Å². The molecule has 1 fully saturated rings. The Balaban J connectivity index is 1.62. The topological polar surface area (TPSA) is 60.6 Å². The van der Waals surface area contributed by atoms with Gasteiger partial charge in [0.2, 0.25) is 0 Å². The van der Waals surface area contributed by atoms with Gasteiger partial charge in [-0.2, -0.15) is 0 Å². The number of imidazole rings is 1. The average Bonchev–Trinajstić information content (AvgIpc) is 3.32. The summed E-state index contributed by atoms with van der Waals surface area (Å²) in [5.74, 6) is 0.890. The monoisotopic (exact) mass is 331 g/mol. The van der Waals surface area contributed by atoms with Crippen LogP contribution < -0.4 is 0 Å². The molecule has 3 aromatic heterocycles. The third-order valence-electron chi connectivity index (χ3n) is 5.14. The molecule has 0 radical (unpaired) electrons. The summed E-state index contributed by atoms with van der Waals surface area (Å²) in [7, 11) is 0. The smallest absolute Gasteiger partial charge is 0.158 e. The molecule has 4 heterocycles. The SMILES string of the molecule is Cc1nc2c(-c3cc4c(CN5CCCC5)cccc4[nH]3)ccnc2[nH]1. The normalized spacial score (nSPS) is 15.6. The summed E-state index contributed by atoms with van der Waals surface area (Å²) in [5, 5.41) is 1.31. The number of pyridine rings is 1. The highest BCUT2D eigenvalue weighted by Crippen LogP contribution is 2.30. The van der Waals surface area contributed by atoms with Crippen molar-refractivity contribution in [3.05, 3.63) is 47.9 Å². The maximum Gasteiger partial charge on any atom is 0.158 e. The second kappa shape index (κ2) is 5.70. The van der Waals surface area contributed by atoms with Crippen molar-refractivity contribution >= 4 is 22.1 Å². The number of fused-ring (bicyclic) bond motifs is 2. The molecule has 1 saturated heterocycles. The molecule has 5 heteroatoms. The molecule has 1 aliphatic rings. The fourth-order valence-corrected chi connectivity index (χ4v) is 3.93. The number of aromatic nitrogens is 4. The van der Waals surface area contributed by atoms with Crippen LogP contribution in [0.25, 0.3) is 33.3 Å². The summed E-state index contributed by atoms with van der Waals surface area (Å²) >= 11 is 0. The fourth-order valence-electron chi connectivity index (χ4n) is 3.93. The van der Waals surface area contributed by atoms with Crippen LogP contribution in [0.3, 0.4) is 0 Å². The molecule has 0 atom stereocenters. The molecule has 0 spiro atoms. The molecule has 0 aliphatic carbocycles. The molecule has 2 N–H and O–H groups in total. The number of hydrogen-bond donors (Lipinski definition) is 2. The maximum absolute atomic E-state index is 4.62. The summed E-state index contributed by atoms with van der Waals surface area (Å²) in [4.78, 5) is 18.4. The third kappa shape index (κ3) is 2.51. The quantitative estimate of drug-likeness (QED) is 0.596. The molecule has 126 valence electrons. The lowest BCUT2D eigenvalue weighted by molar-refractivity contribution is 0.332. The van der Waals surface area contributed by atoms with Crippen LogP contribution in [0.5, 0.6) is 0 Å². The van der Waals surface area contributed by atoms with E-state index in [2.05, 4.69) is 49.1 Å². The second-order valence-electron chi connectivity index (χ2n) is 6.92. The Morgan fingerprint density at radius 2 is 2.00 bits per heavy atom. The minimum Gasteiger partial charge on any atom is -0.354 e. The van der Waals surface area contributed by atoms with Crippen molar-refractivity contribution in [2.45, 2.75) is 26.3 Å². The molecule has 1 aliphatic heterocycles. The van der Waals surface area contributed by atoms with Gasteiger partial charge in [-0.1, -0.05) is 12.1 Å².